The molecule has 0 saturated carbocycles. The van der Waals surface area contributed by atoms with Gasteiger partial charge in [-0.3, -0.25) is 0 Å². The van der Waals surface area contributed by atoms with Crippen LogP contribution in [0, 0.1) is 12.7 Å². The second-order valence-electron chi connectivity index (χ2n) is 5.90. The number of nitrogens with one attached hydrogen (secondary N) is 1. The summed E-state index contributed by atoms with van der Waals surface area (Å²) in [5.41, 5.74) is 2.54. The van der Waals surface area contributed by atoms with E-state index in [1.165, 1.54) is 6.07 Å². The van der Waals surface area contributed by atoms with Crippen molar-refractivity contribution in [1.29, 1.82) is 0 Å². The van der Waals surface area contributed by atoms with Gasteiger partial charge in [0.25, 0.3) is 0 Å². The van der Waals surface area contributed by atoms with Crippen LogP contribution in [0.3, 0.4) is 0 Å². The lowest BCUT2D eigenvalue weighted by Gasteiger charge is -2.28. The summed E-state index contributed by atoms with van der Waals surface area (Å²) in [6, 6.07) is 11.3. The summed E-state index contributed by atoms with van der Waals surface area (Å²) in [7, 11) is 0. The summed E-state index contributed by atoms with van der Waals surface area (Å²) >= 11 is 3.24. The van der Waals surface area contributed by atoms with Gasteiger partial charge in [0.1, 0.15) is 17.2 Å². The van der Waals surface area contributed by atoms with Crippen molar-refractivity contribution in [1.82, 2.24) is 0 Å². The van der Waals surface area contributed by atoms with Gasteiger partial charge < -0.3 is 10.1 Å². The average molecular weight is 350 g/mol. The maximum Gasteiger partial charge on any atom is 0.137 e. The first-order chi connectivity index (χ1) is 9.88. The maximum atomic E-state index is 13.6. The van der Waals surface area contributed by atoms with Gasteiger partial charge in [-0.15, -0.1) is 0 Å². The van der Waals surface area contributed by atoms with Gasteiger partial charge in [0.15, 0.2) is 0 Å². The van der Waals surface area contributed by atoms with Crippen molar-refractivity contribution in [3.8, 4) is 5.75 Å². The molecule has 0 radical (unpaired) electrons. The molecule has 1 aliphatic rings. The van der Waals surface area contributed by atoms with Crippen LogP contribution in [0.2, 0.25) is 0 Å². The molecule has 4 heteroatoms. The Morgan fingerprint density at radius 2 is 1.95 bits per heavy atom. The van der Waals surface area contributed by atoms with E-state index in [2.05, 4.69) is 41.2 Å². The molecule has 0 aliphatic carbocycles. The lowest BCUT2D eigenvalue weighted by molar-refractivity contribution is 0.118. The van der Waals surface area contributed by atoms with Crippen molar-refractivity contribution in [2.75, 3.05) is 5.32 Å². The van der Waals surface area contributed by atoms with Crippen LogP contribution in [0.1, 0.15) is 31.0 Å². The molecule has 110 valence electrons. The van der Waals surface area contributed by atoms with Crippen LogP contribution in [0.25, 0.3) is 0 Å². The third-order valence-corrected chi connectivity index (χ3v) is 4.47. The summed E-state index contributed by atoms with van der Waals surface area (Å²) in [6.07, 6.45) is 0. The van der Waals surface area contributed by atoms with Gasteiger partial charge in [-0.1, -0.05) is 18.2 Å². The van der Waals surface area contributed by atoms with E-state index < -0.39 is 0 Å². The molecule has 0 fully saturated rings. The molecule has 0 amide bonds. The highest BCUT2D eigenvalue weighted by molar-refractivity contribution is 9.10. The van der Waals surface area contributed by atoms with E-state index in [0.717, 1.165) is 22.6 Å². The second kappa shape index (κ2) is 5.02. The Morgan fingerprint density at radius 3 is 2.71 bits per heavy atom. The number of hydrogen-bond donors (Lipinski definition) is 1. The molecule has 2 nitrogen and oxygen atoms in total. The van der Waals surface area contributed by atoms with Crippen molar-refractivity contribution in [3.05, 3.63) is 57.8 Å². The highest BCUT2D eigenvalue weighted by Gasteiger charge is 2.41. The molecule has 3 rings (SSSR count). The second-order valence-corrected chi connectivity index (χ2v) is 6.76. The quantitative estimate of drug-likeness (QED) is 0.802. The number of hydrogen-bond acceptors (Lipinski definition) is 2. The maximum absolute atomic E-state index is 13.6. The summed E-state index contributed by atoms with van der Waals surface area (Å²) in [5.74, 6) is 0.652. The highest BCUT2D eigenvalue weighted by Crippen LogP contribution is 2.45. The van der Waals surface area contributed by atoms with Gasteiger partial charge >= 0.3 is 0 Å². The van der Waals surface area contributed by atoms with Gasteiger partial charge in [-0.05, 0) is 60.5 Å². The molecule has 1 N–H and O–H groups in total. The SMILES string of the molecule is Cc1cc(F)c(Br)cc1NC1c2ccccc2OC1(C)C. The van der Waals surface area contributed by atoms with Crippen molar-refractivity contribution in [2.24, 2.45) is 0 Å². The fraction of sp³-hybridized carbons (Fsp3) is 0.294. The summed E-state index contributed by atoms with van der Waals surface area (Å²) < 4.78 is 20.0. The third-order valence-electron chi connectivity index (χ3n) is 3.87. The number of aryl methyl sites for hydroxylation is 1. The minimum Gasteiger partial charge on any atom is -0.485 e. The first kappa shape index (κ1) is 14.4. The van der Waals surface area contributed by atoms with E-state index in [4.69, 9.17) is 4.74 Å². The molecule has 0 aromatic heterocycles. The van der Waals surface area contributed by atoms with Crippen LogP contribution in [-0.2, 0) is 0 Å². The van der Waals surface area contributed by atoms with Crippen LogP contribution < -0.4 is 10.1 Å². The van der Waals surface area contributed by atoms with E-state index in [0.29, 0.717) is 4.47 Å². The fourth-order valence-electron chi connectivity index (χ4n) is 2.74. The van der Waals surface area contributed by atoms with Crippen LogP contribution >= 0.6 is 15.9 Å². The third kappa shape index (κ3) is 2.53. The molecule has 0 bridgehead atoms. The van der Waals surface area contributed by atoms with Crippen LogP contribution in [0.15, 0.2) is 40.9 Å². The number of benzene rings is 2. The van der Waals surface area contributed by atoms with Crippen molar-refractivity contribution in [2.45, 2.75) is 32.4 Å². The van der Waals surface area contributed by atoms with Gasteiger partial charge in [0.05, 0.1) is 10.5 Å². The smallest absolute Gasteiger partial charge is 0.137 e. The summed E-state index contributed by atoms with van der Waals surface area (Å²) in [4.78, 5) is 0. The number of ether oxygens (including phenoxy) is 1. The Balaban J connectivity index is 1.99. The topological polar surface area (TPSA) is 21.3 Å². The predicted octanol–water partition coefficient (Wildman–Crippen LogP) is 5.22. The Morgan fingerprint density at radius 1 is 1.24 bits per heavy atom. The monoisotopic (exact) mass is 349 g/mol. The Bertz CT molecular complexity index is 699. The number of anilines is 1. The predicted molar refractivity (Wildman–Crippen MR) is 86.3 cm³/mol. The molecule has 2 aromatic carbocycles. The fourth-order valence-corrected chi connectivity index (χ4v) is 3.08. The zero-order valence-electron chi connectivity index (χ0n) is 12.2. The number of halogens is 2. The van der Waals surface area contributed by atoms with E-state index in [1.807, 2.05) is 25.1 Å². The first-order valence-electron chi connectivity index (χ1n) is 6.88. The molecule has 1 aliphatic heterocycles. The van der Waals surface area contributed by atoms with E-state index >= 15 is 0 Å². The lowest BCUT2D eigenvalue weighted by atomic mass is 9.94. The van der Waals surface area contributed by atoms with E-state index in [9.17, 15) is 4.39 Å². The molecular weight excluding hydrogens is 333 g/mol. The molecule has 21 heavy (non-hydrogen) atoms. The largest absolute Gasteiger partial charge is 0.485 e. The molecule has 1 atom stereocenters. The van der Waals surface area contributed by atoms with Crippen LogP contribution in [-0.4, -0.2) is 5.60 Å². The zero-order valence-corrected chi connectivity index (χ0v) is 13.8. The minimum atomic E-state index is -0.364. The number of para-hydroxylation sites is 1. The lowest BCUT2D eigenvalue weighted by Crippen LogP contribution is -2.34. The standard InChI is InChI=1S/C17H17BrFNO/c1-10-8-13(19)12(18)9-14(10)20-16-11-6-4-5-7-15(11)21-17(16,2)3/h4-9,16,20H,1-3H3. The normalized spacial score (nSPS) is 19.0. The van der Waals surface area contributed by atoms with E-state index in [-0.39, 0.29) is 17.5 Å². The summed E-state index contributed by atoms with van der Waals surface area (Å²) in [6.45, 7) is 6.00. The Kier molecular flexibility index (Phi) is 3.44. The van der Waals surface area contributed by atoms with Crippen molar-refractivity contribution in [3.63, 3.8) is 0 Å². The molecule has 2 aromatic rings. The number of fused-ring (bicyclic) bond motifs is 1. The van der Waals surface area contributed by atoms with Crippen LogP contribution in [0.5, 0.6) is 5.75 Å². The Hall–Kier alpha value is -1.55. The zero-order chi connectivity index (χ0) is 15.2. The molecule has 1 heterocycles. The van der Waals surface area contributed by atoms with Crippen molar-refractivity contribution < 1.29 is 9.13 Å². The summed E-state index contributed by atoms with van der Waals surface area (Å²) in [5, 5.41) is 3.50. The van der Waals surface area contributed by atoms with Gasteiger partial charge in [-0.25, -0.2) is 4.39 Å². The first-order valence-corrected chi connectivity index (χ1v) is 7.68. The average Bonchev–Trinajstić information content (AvgIpc) is 2.67. The van der Waals surface area contributed by atoms with Crippen LogP contribution in [0.4, 0.5) is 10.1 Å². The minimum absolute atomic E-state index is 0.0183. The van der Waals surface area contributed by atoms with Gasteiger partial charge in [-0.2, -0.15) is 0 Å². The van der Waals surface area contributed by atoms with E-state index in [1.54, 1.807) is 6.07 Å². The molecule has 0 spiro atoms. The Labute approximate surface area is 132 Å². The van der Waals surface area contributed by atoms with Gasteiger partial charge in [0, 0.05) is 11.3 Å². The van der Waals surface area contributed by atoms with Crippen molar-refractivity contribution >= 4 is 21.6 Å². The molecular formula is C17H17BrFNO. The molecule has 1 unspecified atom stereocenters. The van der Waals surface area contributed by atoms with Gasteiger partial charge in [0.2, 0.25) is 0 Å². The molecule has 0 saturated heterocycles. The number of rotatable bonds is 2. The highest BCUT2D eigenvalue weighted by atomic mass is 79.9.